The molecule has 1 aliphatic heterocycles. The van der Waals surface area contributed by atoms with Crippen LogP contribution in [0.5, 0.6) is 0 Å². The van der Waals surface area contributed by atoms with Crippen molar-refractivity contribution in [2.75, 3.05) is 13.1 Å². The molecule has 5 heteroatoms. The maximum Gasteiger partial charge on any atom is 0.241 e. The highest BCUT2D eigenvalue weighted by Crippen LogP contribution is 2.26. The van der Waals surface area contributed by atoms with Crippen LogP contribution in [0.3, 0.4) is 0 Å². The van der Waals surface area contributed by atoms with Gasteiger partial charge < -0.3 is 10.6 Å². The lowest BCUT2D eigenvalue weighted by molar-refractivity contribution is -0.124. The van der Waals surface area contributed by atoms with E-state index in [2.05, 4.69) is 10.6 Å². The van der Waals surface area contributed by atoms with Crippen molar-refractivity contribution in [2.45, 2.75) is 6.04 Å². The van der Waals surface area contributed by atoms with E-state index in [0.717, 1.165) is 0 Å². The summed E-state index contributed by atoms with van der Waals surface area (Å²) in [4.78, 5) is 11.5. The van der Waals surface area contributed by atoms with Crippen LogP contribution in [0, 0.1) is 5.82 Å². The van der Waals surface area contributed by atoms with E-state index in [4.69, 9.17) is 11.6 Å². The fourth-order valence-electron chi connectivity index (χ4n) is 1.59. The monoisotopic (exact) mass is 228 g/mol. The molecule has 2 rings (SSSR count). The molecule has 1 aromatic rings. The predicted octanol–water partition coefficient (Wildman–Crippen LogP) is 1.24. The van der Waals surface area contributed by atoms with Crippen molar-refractivity contribution in [1.82, 2.24) is 10.6 Å². The van der Waals surface area contributed by atoms with Gasteiger partial charge in [-0.2, -0.15) is 0 Å². The maximum absolute atomic E-state index is 13.2. The molecule has 1 aromatic carbocycles. The lowest BCUT2D eigenvalue weighted by atomic mass is 10.0. The van der Waals surface area contributed by atoms with Gasteiger partial charge in [0.15, 0.2) is 0 Å². The fraction of sp³-hybridized carbons (Fsp3) is 0.300. The molecule has 3 nitrogen and oxygen atoms in total. The summed E-state index contributed by atoms with van der Waals surface area (Å²) in [6.07, 6.45) is 0. The molecular formula is C10H10ClFN2O. The van der Waals surface area contributed by atoms with Crippen LogP contribution < -0.4 is 10.6 Å². The molecule has 0 radical (unpaired) electrons. The zero-order valence-electron chi connectivity index (χ0n) is 7.89. The summed E-state index contributed by atoms with van der Waals surface area (Å²) < 4.78 is 13.2. The van der Waals surface area contributed by atoms with E-state index in [9.17, 15) is 9.18 Å². The van der Waals surface area contributed by atoms with Crippen LogP contribution in [0.2, 0.25) is 5.02 Å². The molecule has 1 aliphatic rings. The molecule has 0 spiro atoms. The number of carbonyl (C=O) groups excluding carboxylic acids is 1. The first-order chi connectivity index (χ1) is 7.20. The van der Waals surface area contributed by atoms with Gasteiger partial charge in [-0.05, 0) is 6.07 Å². The molecule has 0 saturated carbocycles. The molecule has 80 valence electrons. The van der Waals surface area contributed by atoms with Crippen LogP contribution in [0.15, 0.2) is 18.2 Å². The topological polar surface area (TPSA) is 41.1 Å². The number of halogens is 2. The number of nitrogens with one attached hydrogen (secondary N) is 2. The first kappa shape index (κ1) is 10.4. The molecular weight excluding hydrogens is 219 g/mol. The SMILES string of the molecule is O=C1NCCNC1c1cccc(F)c1Cl. The number of benzene rings is 1. The fourth-order valence-corrected chi connectivity index (χ4v) is 1.83. The molecule has 0 aliphatic carbocycles. The van der Waals surface area contributed by atoms with Crippen LogP contribution in [-0.2, 0) is 4.79 Å². The van der Waals surface area contributed by atoms with Crippen molar-refractivity contribution in [3.63, 3.8) is 0 Å². The second kappa shape index (κ2) is 4.16. The number of amides is 1. The molecule has 1 unspecified atom stereocenters. The zero-order chi connectivity index (χ0) is 10.8. The average Bonchev–Trinajstić information content (AvgIpc) is 2.23. The van der Waals surface area contributed by atoms with Gasteiger partial charge in [0.2, 0.25) is 5.91 Å². The van der Waals surface area contributed by atoms with E-state index in [0.29, 0.717) is 18.7 Å². The quantitative estimate of drug-likeness (QED) is 0.760. The van der Waals surface area contributed by atoms with Crippen LogP contribution in [-0.4, -0.2) is 19.0 Å². The Balaban J connectivity index is 2.35. The van der Waals surface area contributed by atoms with E-state index >= 15 is 0 Å². The van der Waals surface area contributed by atoms with Crippen molar-refractivity contribution >= 4 is 17.5 Å². The summed E-state index contributed by atoms with van der Waals surface area (Å²) >= 11 is 5.80. The zero-order valence-corrected chi connectivity index (χ0v) is 8.64. The molecule has 1 atom stereocenters. The molecule has 2 N–H and O–H groups in total. The van der Waals surface area contributed by atoms with Gasteiger partial charge in [0.1, 0.15) is 11.9 Å². The Morgan fingerprint density at radius 2 is 2.20 bits per heavy atom. The standard InChI is InChI=1S/C10H10ClFN2O/c11-8-6(2-1-3-7(8)12)9-10(15)14-5-4-13-9/h1-3,9,13H,4-5H2,(H,14,15). The largest absolute Gasteiger partial charge is 0.353 e. The first-order valence-corrected chi connectivity index (χ1v) is 5.03. The summed E-state index contributed by atoms with van der Waals surface area (Å²) in [5.74, 6) is -0.678. The summed E-state index contributed by atoms with van der Waals surface area (Å²) in [6.45, 7) is 1.24. The number of hydrogen-bond acceptors (Lipinski definition) is 2. The number of carbonyl (C=O) groups is 1. The highest BCUT2D eigenvalue weighted by atomic mass is 35.5. The van der Waals surface area contributed by atoms with Gasteiger partial charge in [-0.1, -0.05) is 23.7 Å². The third-order valence-corrected chi connectivity index (χ3v) is 2.73. The van der Waals surface area contributed by atoms with E-state index in [1.165, 1.54) is 6.07 Å². The lowest BCUT2D eigenvalue weighted by Crippen LogP contribution is -2.47. The Morgan fingerprint density at radius 3 is 2.93 bits per heavy atom. The number of piperazine rings is 1. The van der Waals surface area contributed by atoms with Gasteiger partial charge in [0, 0.05) is 18.7 Å². The molecule has 1 heterocycles. The highest BCUT2D eigenvalue weighted by molar-refractivity contribution is 6.31. The second-order valence-electron chi connectivity index (χ2n) is 3.32. The second-order valence-corrected chi connectivity index (χ2v) is 3.70. The summed E-state index contributed by atoms with van der Waals surface area (Å²) in [5.41, 5.74) is 0.480. The minimum absolute atomic E-state index is 0.00653. The van der Waals surface area contributed by atoms with E-state index in [1.54, 1.807) is 12.1 Å². The molecule has 1 fully saturated rings. The van der Waals surface area contributed by atoms with Crippen molar-refractivity contribution in [2.24, 2.45) is 0 Å². The molecule has 1 saturated heterocycles. The van der Waals surface area contributed by atoms with Crippen LogP contribution in [0.1, 0.15) is 11.6 Å². The van der Waals surface area contributed by atoms with E-state index < -0.39 is 11.9 Å². The predicted molar refractivity (Wildman–Crippen MR) is 55.2 cm³/mol. The van der Waals surface area contributed by atoms with Gasteiger partial charge in [-0.25, -0.2) is 4.39 Å². The van der Waals surface area contributed by atoms with Crippen molar-refractivity contribution in [3.05, 3.63) is 34.6 Å². The van der Waals surface area contributed by atoms with Crippen LogP contribution >= 0.6 is 11.6 Å². The van der Waals surface area contributed by atoms with Crippen LogP contribution in [0.4, 0.5) is 4.39 Å². The van der Waals surface area contributed by atoms with Gasteiger partial charge in [0.25, 0.3) is 0 Å². The third kappa shape index (κ3) is 1.96. The Morgan fingerprint density at radius 1 is 1.40 bits per heavy atom. The minimum Gasteiger partial charge on any atom is -0.353 e. The van der Waals surface area contributed by atoms with Gasteiger partial charge in [-0.15, -0.1) is 0 Å². The smallest absolute Gasteiger partial charge is 0.241 e. The summed E-state index contributed by atoms with van der Waals surface area (Å²) in [5, 5.41) is 5.69. The minimum atomic E-state index is -0.554. The molecule has 15 heavy (non-hydrogen) atoms. The van der Waals surface area contributed by atoms with Crippen molar-refractivity contribution in [3.8, 4) is 0 Å². The molecule has 0 aromatic heterocycles. The molecule has 0 bridgehead atoms. The van der Waals surface area contributed by atoms with Crippen LogP contribution in [0.25, 0.3) is 0 Å². The summed E-state index contributed by atoms with van der Waals surface area (Å²) in [7, 11) is 0. The van der Waals surface area contributed by atoms with Crippen molar-refractivity contribution in [1.29, 1.82) is 0 Å². The highest BCUT2D eigenvalue weighted by Gasteiger charge is 2.25. The van der Waals surface area contributed by atoms with Gasteiger partial charge in [-0.3, -0.25) is 4.79 Å². The Labute approximate surface area is 91.6 Å². The first-order valence-electron chi connectivity index (χ1n) is 4.65. The number of rotatable bonds is 1. The van der Waals surface area contributed by atoms with E-state index in [-0.39, 0.29) is 10.9 Å². The Bertz CT molecular complexity index is 397. The third-order valence-electron chi connectivity index (χ3n) is 2.33. The maximum atomic E-state index is 13.2. The van der Waals surface area contributed by atoms with E-state index in [1.807, 2.05) is 0 Å². The van der Waals surface area contributed by atoms with Gasteiger partial charge in [0.05, 0.1) is 5.02 Å². The van der Waals surface area contributed by atoms with Gasteiger partial charge >= 0.3 is 0 Å². The normalized spacial score (nSPS) is 21.2. The molecule has 1 amide bonds. The summed E-state index contributed by atoms with van der Waals surface area (Å²) in [6, 6.07) is 3.91. The average molecular weight is 229 g/mol. The lowest BCUT2D eigenvalue weighted by Gasteiger charge is -2.24. The van der Waals surface area contributed by atoms with Crippen molar-refractivity contribution < 1.29 is 9.18 Å². The number of hydrogen-bond donors (Lipinski definition) is 2. The Hall–Kier alpha value is -1.13. The Kier molecular flexibility index (Phi) is 2.88.